The predicted octanol–water partition coefficient (Wildman–Crippen LogP) is 5.49. The maximum absolute atomic E-state index is 14.8. The first kappa shape index (κ1) is 24.1. The predicted molar refractivity (Wildman–Crippen MR) is 136 cm³/mol. The maximum Gasteiger partial charge on any atom is 0.183 e. The van der Waals surface area contributed by atoms with Crippen LogP contribution in [0.4, 0.5) is 20.3 Å². The third-order valence-electron chi connectivity index (χ3n) is 5.70. The van der Waals surface area contributed by atoms with Gasteiger partial charge in [0.2, 0.25) is 0 Å². The third kappa shape index (κ3) is 4.90. The maximum atomic E-state index is 14.8. The van der Waals surface area contributed by atoms with Gasteiger partial charge < -0.3 is 14.8 Å². The summed E-state index contributed by atoms with van der Waals surface area (Å²) in [4.78, 5) is 13.3. The molecule has 0 unspecified atom stereocenters. The highest BCUT2D eigenvalue weighted by Crippen LogP contribution is 2.31. The number of nitrogens with zero attached hydrogens (tertiary/aromatic N) is 5. The van der Waals surface area contributed by atoms with Crippen LogP contribution in [0.15, 0.2) is 60.9 Å². The van der Waals surface area contributed by atoms with Gasteiger partial charge in [0.25, 0.3) is 0 Å². The molecule has 1 radical (unpaired) electrons. The Morgan fingerprint density at radius 1 is 1.05 bits per heavy atom. The molecule has 0 atom stereocenters. The fourth-order valence-corrected chi connectivity index (χ4v) is 3.98. The highest BCUT2D eigenvalue weighted by Gasteiger charge is 2.20. The number of hydrogen-bond acceptors (Lipinski definition) is 7. The van der Waals surface area contributed by atoms with Gasteiger partial charge in [-0.15, -0.1) is 0 Å². The molecule has 0 aliphatic heterocycles. The van der Waals surface area contributed by atoms with Gasteiger partial charge >= 0.3 is 0 Å². The van der Waals surface area contributed by atoms with E-state index in [2.05, 4.69) is 32.3 Å². The standard InChI is InChI=1S/C27H23F2N6O2/c1-4-37-18-12-21(28)20(22(29)13-18)15-35-23-8-6-5-7-19(23)25(34-35)27-31-14-24(36-3)26(33-27)32-17-9-10-30-16(2)11-17/h5-14H,1,4,15H2,2-3H3,(H,30,31,32,33). The van der Waals surface area contributed by atoms with Crippen molar-refractivity contribution in [3.05, 3.63) is 90.7 Å². The van der Waals surface area contributed by atoms with Crippen molar-refractivity contribution >= 4 is 22.4 Å². The minimum Gasteiger partial charge on any atom is -0.493 e. The van der Waals surface area contributed by atoms with Gasteiger partial charge in [0.15, 0.2) is 17.4 Å². The van der Waals surface area contributed by atoms with Gasteiger partial charge in [-0.3, -0.25) is 9.67 Å². The molecule has 1 N–H and O–H groups in total. The molecule has 0 bridgehead atoms. The lowest BCUT2D eigenvalue weighted by Gasteiger charge is -2.11. The van der Waals surface area contributed by atoms with Crippen molar-refractivity contribution in [3.8, 4) is 23.0 Å². The molecule has 2 aromatic carbocycles. The van der Waals surface area contributed by atoms with Crippen molar-refractivity contribution in [2.24, 2.45) is 0 Å². The Balaban J connectivity index is 1.56. The molecule has 3 heterocycles. The largest absolute Gasteiger partial charge is 0.493 e. The number of hydrogen-bond donors (Lipinski definition) is 1. The summed E-state index contributed by atoms with van der Waals surface area (Å²) in [5.74, 6) is -0.181. The molecule has 0 aliphatic carbocycles. The third-order valence-corrected chi connectivity index (χ3v) is 5.70. The van der Waals surface area contributed by atoms with Gasteiger partial charge in [-0.1, -0.05) is 18.2 Å². The number of aryl methyl sites for hydroxylation is 1. The van der Waals surface area contributed by atoms with E-state index >= 15 is 0 Å². The number of fused-ring (bicyclic) bond motifs is 1. The van der Waals surface area contributed by atoms with Gasteiger partial charge in [-0.25, -0.2) is 18.7 Å². The van der Waals surface area contributed by atoms with Crippen molar-refractivity contribution in [2.45, 2.75) is 13.5 Å². The van der Waals surface area contributed by atoms with Gasteiger partial charge in [0.1, 0.15) is 23.1 Å². The van der Waals surface area contributed by atoms with Crippen LogP contribution in [0.3, 0.4) is 0 Å². The second kappa shape index (κ2) is 10.2. The zero-order valence-corrected chi connectivity index (χ0v) is 20.2. The molecule has 0 saturated carbocycles. The molecule has 3 aromatic heterocycles. The Bertz CT molecular complexity index is 1560. The van der Waals surface area contributed by atoms with Crippen molar-refractivity contribution in [2.75, 3.05) is 19.0 Å². The van der Waals surface area contributed by atoms with Crippen molar-refractivity contribution < 1.29 is 18.3 Å². The SMILES string of the molecule is [CH2]COc1cc(F)c(Cn2nc(-c3ncc(OC)c(Nc4ccnc(C)c4)n3)c3ccccc32)c(F)c1. The summed E-state index contributed by atoms with van der Waals surface area (Å²) in [6.45, 7) is 5.34. The number of methoxy groups -OCH3 is 1. The summed E-state index contributed by atoms with van der Waals surface area (Å²) in [6.07, 6.45) is 3.24. The van der Waals surface area contributed by atoms with E-state index in [1.165, 1.54) is 11.8 Å². The first-order chi connectivity index (χ1) is 18.0. The van der Waals surface area contributed by atoms with E-state index in [4.69, 9.17) is 9.47 Å². The monoisotopic (exact) mass is 501 g/mol. The van der Waals surface area contributed by atoms with E-state index in [0.717, 1.165) is 28.9 Å². The minimum absolute atomic E-state index is 0.0604. The Hall–Kier alpha value is -4.60. The van der Waals surface area contributed by atoms with Crippen LogP contribution in [0.1, 0.15) is 11.3 Å². The first-order valence-electron chi connectivity index (χ1n) is 11.4. The van der Waals surface area contributed by atoms with Crippen LogP contribution < -0.4 is 14.8 Å². The van der Waals surface area contributed by atoms with Crippen LogP contribution in [-0.4, -0.2) is 38.4 Å². The lowest BCUT2D eigenvalue weighted by molar-refractivity contribution is 0.354. The van der Waals surface area contributed by atoms with Crippen LogP contribution in [0.2, 0.25) is 0 Å². The summed E-state index contributed by atoms with van der Waals surface area (Å²) in [6, 6.07) is 13.3. The quantitative estimate of drug-likeness (QED) is 0.301. The van der Waals surface area contributed by atoms with Crippen LogP contribution in [0.25, 0.3) is 22.4 Å². The molecule has 0 fully saturated rings. The summed E-state index contributed by atoms with van der Waals surface area (Å²) in [7, 11) is 1.53. The molecule has 0 spiro atoms. The highest BCUT2D eigenvalue weighted by atomic mass is 19.1. The second-order valence-corrected chi connectivity index (χ2v) is 8.16. The van der Waals surface area contributed by atoms with Gasteiger partial charge in [0, 0.05) is 40.7 Å². The zero-order chi connectivity index (χ0) is 25.9. The number of rotatable bonds is 8. The second-order valence-electron chi connectivity index (χ2n) is 8.16. The summed E-state index contributed by atoms with van der Waals surface area (Å²) >= 11 is 0. The highest BCUT2D eigenvalue weighted by molar-refractivity contribution is 5.92. The van der Waals surface area contributed by atoms with E-state index in [-0.39, 0.29) is 24.5 Å². The Morgan fingerprint density at radius 2 is 1.84 bits per heavy atom. The smallest absolute Gasteiger partial charge is 0.183 e. The summed E-state index contributed by atoms with van der Waals surface area (Å²) < 4.78 is 41.7. The number of aromatic nitrogens is 5. The van der Waals surface area contributed by atoms with Crippen molar-refractivity contribution in [1.82, 2.24) is 24.7 Å². The van der Waals surface area contributed by atoms with Crippen LogP contribution >= 0.6 is 0 Å². The van der Waals surface area contributed by atoms with Crippen molar-refractivity contribution in [3.63, 3.8) is 0 Å². The molecule has 0 saturated heterocycles. The molecule has 8 nitrogen and oxygen atoms in total. The Kier molecular flexibility index (Phi) is 6.63. The molecule has 5 aromatic rings. The van der Waals surface area contributed by atoms with E-state index in [9.17, 15) is 8.78 Å². The molecule has 37 heavy (non-hydrogen) atoms. The fourth-order valence-electron chi connectivity index (χ4n) is 3.98. The summed E-state index contributed by atoms with van der Waals surface area (Å²) in [5, 5.41) is 8.62. The van der Waals surface area contributed by atoms with Gasteiger partial charge in [0.05, 0.1) is 32.0 Å². The number of anilines is 2. The van der Waals surface area contributed by atoms with E-state index in [1.807, 2.05) is 43.3 Å². The fraction of sp³-hybridized carbons (Fsp3) is 0.148. The average Bonchev–Trinajstić information content (AvgIpc) is 3.25. The molecule has 0 aliphatic rings. The molecule has 0 amide bonds. The molecular weight excluding hydrogens is 478 g/mol. The lowest BCUT2D eigenvalue weighted by atomic mass is 10.1. The average molecular weight is 502 g/mol. The lowest BCUT2D eigenvalue weighted by Crippen LogP contribution is -2.07. The normalized spacial score (nSPS) is 11.1. The van der Waals surface area contributed by atoms with Crippen LogP contribution in [0.5, 0.6) is 11.5 Å². The Labute approximate surface area is 211 Å². The zero-order valence-electron chi connectivity index (χ0n) is 20.2. The number of pyridine rings is 1. The molecule has 5 rings (SSSR count). The number of para-hydroxylation sites is 1. The minimum atomic E-state index is -0.732. The topological polar surface area (TPSA) is 87.0 Å². The number of benzene rings is 2. The first-order valence-corrected chi connectivity index (χ1v) is 11.4. The number of halogens is 2. The summed E-state index contributed by atoms with van der Waals surface area (Å²) in [5.41, 5.74) is 2.62. The Morgan fingerprint density at radius 3 is 2.57 bits per heavy atom. The molecular formula is C27H23F2N6O2. The van der Waals surface area contributed by atoms with Crippen LogP contribution in [0, 0.1) is 25.5 Å². The number of ether oxygens (including phenoxy) is 2. The van der Waals surface area contributed by atoms with E-state index < -0.39 is 11.6 Å². The van der Waals surface area contributed by atoms with Gasteiger partial charge in [-0.05, 0) is 32.0 Å². The molecule has 10 heteroatoms. The van der Waals surface area contributed by atoms with Gasteiger partial charge in [-0.2, -0.15) is 5.10 Å². The van der Waals surface area contributed by atoms with E-state index in [0.29, 0.717) is 28.6 Å². The van der Waals surface area contributed by atoms with Crippen molar-refractivity contribution in [1.29, 1.82) is 0 Å². The van der Waals surface area contributed by atoms with Crippen LogP contribution in [-0.2, 0) is 6.54 Å². The van der Waals surface area contributed by atoms with E-state index in [1.54, 1.807) is 12.4 Å². The number of nitrogens with one attached hydrogen (secondary N) is 1. The molecule has 187 valence electrons.